The minimum Gasteiger partial charge on any atom is -0.391 e. The Kier molecular flexibility index (Phi) is 3.10. The largest absolute Gasteiger partial charge is 0.391 e. The third-order valence-corrected chi connectivity index (χ3v) is 3.36. The van der Waals surface area contributed by atoms with Crippen molar-refractivity contribution in [1.82, 2.24) is 4.90 Å². The molecule has 4 atom stereocenters. The molecule has 82 valence electrons. The SMILES string of the molecule is C[C@@H]1CN([C@@H]2CCC[C@H]2O)C[C@H](C)O1. The number of morpholine rings is 1. The zero-order valence-electron chi connectivity index (χ0n) is 9.15. The van der Waals surface area contributed by atoms with Crippen LogP contribution in [0, 0.1) is 0 Å². The lowest BCUT2D eigenvalue weighted by atomic mass is 10.1. The van der Waals surface area contributed by atoms with Gasteiger partial charge in [0, 0.05) is 19.1 Å². The van der Waals surface area contributed by atoms with Gasteiger partial charge in [0.05, 0.1) is 18.3 Å². The second-order valence-corrected chi connectivity index (χ2v) is 4.78. The maximum atomic E-state index is 9.83. The molecule has 0 bridgehead atoms. The summed E-state index contributed by atoms with van der Waals surface area (Å²) in [6, 6.07) is 0.392. The molecule has 0 amide bonds. The smallest absolute Gasteiger partial charge is 0.0695 e. The number of hydrogen-bond acceptors (Lipinski definition) is 3. The fourth-order valence-electron chi connectivity index (χ4n) is 2.84. The predicted octanol–water partition coefficient (Wildman–Crippen LogP) is 1.01. The van der Waals surface area contributed by atoms with Crippen LogP contribution in [0.15, 0.2) is 0 Å². The van der Waals surface area contributed by atoms with E-state index in [4.69, 9.17) is 4.74 Å². The minimum atomic E-state index is -0.104. The molecule has 1 saturated heterocycles. The van der Waals surface area contributed by atoms with Gasteiger partial charge in [-0.3, -0.25) is 4.90 Å². The van der Waals surface area contributed by atoms with Gasteiger partial charge >= 0.3 is 0 Å². The summed E-state index contributed by atoms with van der Waals surface area (Å²) in [4.78, 5) is 2.41. The van der Waals surface area contributed by atoms with E-state index in [1.807, 2.05) is 0 Å². The van der Waals surface area contributed by atoms with Crippen molar-refractivity contribution >= 4 is 0 Å². The summed E-state index contributed by atoms with van der Waals surface area (Å²) in [6.07, 6.45) is 3.82. The number of ether oxygens (including phenoxy) is 1. The second-order valence-electron chi connectivity index (χ2n) is 4.78. The number of hydrogen-bond donors (Lipinski definition) is 1. The van der Waals surface area contributed by atoms with Crippen LogP contribution in [-0.2, 0) is 4.74 Å². The van der Waals surface area contributed by atoms with Gasteiger partial charge in [-0.1, -0.05) is 0 Å². The lowest BCUT2D eigenvalue weighted by Crippen LogP contribution is -2.52. The van der Waals surface area contributed by atoms with Crippen molar-refractivity contribution in [3.63, 3.8) is 0 Å². The molecule has 0 radical (unpaired) electrons. The summed E-state index contributed by atoms with van der Waals surface area (Å²) in [7, 11) is 0. The third kappa shape index (κ3) is 2.10. The lowest BCUT2D eigenvalue weighted by molar-refractivity contribution is -0.0911. The number of nitrogens with zero attached hydrogens (tertiary/aromatic N) is 1. The van der Waals surface area contributed by atoms with E-state index in [1.54, 1.807) is 0 Å². The predicted molar refractivity (Wildman–Crippen MR) is 55.2 cm³/mol. The number of aliphatic hydroxyl groups excluding tert-OH is 1. The van der Waals surface area contributed by atoms with Gasteiger partial charge in [0.1, 0.15) is 0 Å². The average molecular weight is 199 g/mol. The van der Waals surface area contributed by atoms with Gasteiger partial charge in [-0.15, -0.1) is 0 Å². The van der Waals surface area contributed by atoms with Crippen LogP contribution in [0.5, 0.6) is 0 Å². The van der Waals surface area contributed by atoms with Gasteiger partial charge in [-0.2, -0.15) is 0 Å². The van der Waals surface area contributed by atoms with Crippen LogP contribution in [0.4, 0.5) is 0 Å². The highest BCUT2D eigenvalue weighted by Crippen LogP contribution is 2.26. The Morgan fingerprint density at radius 1 is 1.14 bits per heavy atom. The first-order chi connectivity index (χ1) is 6.66. The Hall–Kier alpha value is -0.120. The Balaban J connectivity index is 1.95. The van der Waals surface area contributed by atoms with Crippen LogP contribution in [0.3, 0.4) is 0 Å². The molecule has 0 aromatic carbocycles. The molecule has 2 fully saturated rings. The Bertz CT molecular complexity index is 188. The van der Waals surface area contributed by atoms with Crippen molar-refractivity contribution in [3.05, 3.63) is 0 Å². The summed E-state index contributed by atoms with van der Waals surface area (Å²) >= 11 is 0. The highest BCUT2D eigenvalue weighted by atomic mass is 16.5. The maximum absolute atomic E-state index is 9.83. The standard InChI is InChI=1S/C11H21NO2/c1-8-6-12(7-9(2)14-8)10-4-3-5-11(10)13/h8-11,13H,3-7H2,1-2H3/t8-,9+,10-,11-/m1/s1. The van der Waals surface area contributed by atoms with Crippen LogP contribution in [-0.4, -0.2) is 47.4 Å². The van der Waals surface area contributed by atoms with E-state index < -0.39 is 0 Å². The average Bonchev–Trinajstić information content (AvgIpc) is 2.49. The quantitative estimate of drug-likeness (QED) is 0.684. The van der Waals surface area contributed by atoms with Crippen LogP contribution < -0.4 is 0 Å². The normalized spacial score (nSPS) is 45.6. The molecular weight excluding hydrogens is 178 g/mol. The summed E-state index contributed by atoms with van der Waals surface area (Å²) in [5, 5.41) is 9.83. The van der Waals surface area contributed by atoms with E-state index in [0.29, 0.717) is 18.2 Å². The molecule has 1 aliphatic heterocycles. The molecule has 1 N–H and O–H groups in total. The molecule has 0 spiro atoms. The minimum absolute atomic E-state index is 0.104. The molecule has 2 aliphatic rings. The van der Waals surface area contributed by atoms with Gasteiger partial charge in [0.2, 0.25) is 0 Å². The van der Waals surface area contributed by atoms with Crippen molar-refractivity contribution < 1.29 is 9.84 Å². The molecule has 0 aromatic heterocycles. The summed E-state index contributed by atoms with van der Waals surface area (Å²) in [6.45, 7) is 6.19. The first kappa shape index (κ1) is 10.4. The molecule has 1 aliphatic carbocycles. The van der Waals surface area contributed by atoms with Gasteiger partial charge in [-0.25, -0.2) is 0 Å². The first-order valence-electron chi connectivity index (χ1n) is 5.74. The topological polar surface area (TPSA) is 32.7 Å². The molecule has 14 heavy (non-hydrogen) atoms. The number of aliphatic hydroxyl groups is 1. The van der Waals surface area contributed by atoms with E-state index in [0.717, 1.165) is 25.9 Å². The molecule has 2 rings (SSSR count). The highest BCUT2D eigenvalue weighted by molar-refractivity contribution is 4.88. The second kappa shape index (κ2) is 4.17. The molecule has 0 aromatic rings. The summed E-state index contributed by atoms with van der Waals surface area (Å²) < 4.78 is 5.69. The molecule has 3 heteroatoms. The molecule has 3 nitrogen and oxygen atoms in total. The Morgan fingerprint density at radius 3 is 2.29 bits per heavy atom. The zero-order valence-corrected chi connectivity index (χ0v) is 9.15. The van der Waals surface area contributed by atoms with Crippen LogP contribution in [0.2, 0.25) is 0 Å². The van der Waals surface area contributed by atoms with Crippen LogP contribution >= 0.6 is 0 Å². The zero-order chi connectivity index (χ0) is 10.1. The third-order valence-electron chi connectivity index (χ3n) is 3.36. The summed E-state index contributed by atoms with van der Waals surface area (Å²) in [5.74, 6) is 0. The van der Waals surface area contributed by atoms with Crippen LogP contribution in [0.1, 0.15) is 33.1 Å². The number of rotatable bonds is 1. The Morgan fingerprint density at radius 2 is 1.79 bits per heavy atom. The lowest BCUT2D eigenvalue weighted by Gasteiger charge is -2.39. The fourth-order valence-corrected chi connectivity index (χ4v) is 2.84. The first-order valence-corrected chi connectivity index (χ1v) is 5.74. The maximum Gasteiger partial charge on any atom is 0.0695 e. The molecule has 1 heterocycles. The van der Waals surface area contributed by atoms with Gasteiger partial charge in [-0.05, 0) is 33.1 Å². The fraction of sp³-hybridized carbons (Fsp3) is 1.00. The van der Waals surface area contributed by atoms with Gasteiger partial charge in [0.15, 0.2) is 0 Å². The van der Waals surface area contributed by atoms with E-state index in [-0.39, 0.29) is 6.10 Å². The van der Waals surface area contributed by atoms with Crippen molar-refractivity contribution in [2.45, 2.75) is 57.5 Å². The van der Waals surface area contributed by atoms with Crippen molar-refractivity contribution in [3.8, 4) is 0 Å². The van der Waals surface area contributed by atoms with Crippen molar-refractivity contribution in [1.29, 1.82) is 0 Å². The van der Waals surface area contributed by atoms with E-state index in [1.165, 1.54) is 6.42 Å². The van der Waals surface area contributed by atoms with E-state index in [9.17, 15) is 5.11 Å². The van der Waals surface area contributed by atoms with E-state index >= 15 is 0 Å². The van der Waals surface area contributed by atoms with Gasteiger partial charge < -0.3 is 9.84 Å². The molecule has 1 saturated carbocycles. The molecule has 0 unspecified atom stereocenters. The van der Waals surface area contributed by atoms with Crippen molar-refractivity contribution in [2.75, 3.05) is 13.1 Å². The monoisotopic (exact) mass is 199 g/mol. The Labute approximate surface area is 86.0 Å². The highest BCUT2D eigenvalue weighted by Gasteiger charge is 2.34. The van der Waals surface area contributed by atoms with Crippen molar-refractivity contribution in [2.24, 2.45) is 0 Å². The van der Waals surface area contributed by atoms with Gasteiger partial charge in [0.25, 0.3) is 0 Å². The van der Waals surface area contributed by atoms with Crippen LogP contribution in [0.25, 0.3) is 0 Å². The van der Waals surface area contributed by atoms with E-state index in [2.05, 4.69) is 18.7 Å². The molecular formula is C11H21NO2. The summed E-state index contributed by atoms with van der Waals surface area (Å²) in [5.41, 5.74) is 0.